The van der Waals surface area contributed by atoms with Crippen molar-refractivity contribution in [2.24, 2.45) is 0 Å². The molecule has 1 aromatic carbocycles. The van der Waals surface area contributed by atoms with Crippen molar-refractivity contribution in [3.63, 3.8) is 0 Å². The van der Waals surface area contributed by atoms with Crippen molar-refractivity contribution in [3.8, 4) is 0 Å². The second-order valence-corrected chi connectivity index (χ2v) is 7.63. The molecule has 0 bridgehead atoms. The number of hydrogen-bond acceptors (Lipinski definition) is 5. The summed E-state index contributed by atoms with van der Waals surface area (Å²) in [6.07, 6.45) is 7.05. The molecule has 4 rings (SSSR count). The number of rotatable bonds is 4. The maximum Gasteiger partial charge on any atom is 0.288 e. The lowest BCUT2D eigenvalue weighted by molar-refractivity contribution is -0.184. The van der Waals surface area contributed by atoms with Gasteiger partial charge >= 0.3 is 0 Å². The molecule has 0 spiro atoms. The molecule has 28 heavy (non-hydrogen) atoms. The summed E-state index contributed by atoms with van der Waals surface area (Å²) >= 11 is 0. The van der Waals surface area contributed by atoms with E-state index < -0.39 is 0 Å². The van der Waals surface area contributed by atoms with E-state index in [0.29, 0.717) is 25.4 Å². The first-order valence-corrected chi connectivity index (χ1v) is 10.2. The molecule has 1 amide bonds. The summed E-state index contributed by atoms with van der Waals surface area (Å²) in [6.45, 7) is 5.81. The topological polar surface area (TPSA) is 56.3 Å². The first kappa shape index (κ1) is 19.0. The third-order valence-electron chi connectivity index (χ3n) is 6.26. The van der Waals surface area contributed by atoms with Gasteiger partial charge in [-0.1, -0.05) is 43.7 Å². The van der Waals surface area contributed by atoms with Crippen molar-refractivity contribution in [2.75, 3.05) is 26.3 Å². The molecule has 1 aliphatic carbocycles. The summed E-state index contributed by atoms with van der Waals surface area (Å²) in [5, 5.41) is 14.7. The molecule has 6 heteroatoms. The van der Waals surface area contributed by atoms with Crippen LogP contribution < -0.4 is 0 Å². The van der Waals surface area contributed by atoms with Gasteiger partial charge in [-0.2, -0.15) is 5.01 Å². The Bertz CT molecular complexity index is 785. The molecule has 0 radical (unpaired) electrons. The van der Waals surface area contributed by atoms with Crippen LogP contribution >= 0.6 is 0 Å². The Balaban J connectivity index is 1.90. The van der Waals surface area contributed by atoms with Crippen LogP contribution in [0.15, 0.2) is 54.1 Å². The Labute approximate surface area is 166 Å². The zero-order valence-electron chi connectivity index (χ0n) is 16.7. The van der Waals surface area contributed by atoms with Crippen LogP contribution in [0.4, 0.5) is 0 Å². The molecule has 1 N–H and O–H groups in total. The normalized spacial score (nSPS) is 28.9. The number of benzene rings is 1. The largest absolute Gasteiger partial charge is 0.507 e. The van der Waals surface area contributed by atoms with Gasteiger partial charge in [-0.25, -0.2) is 0 Å². The Morgan fingerprint density at radius 1 is 1.18 bits per heavy atom. The summed E-state index contributed by atoms with van der Waals surface area (Å²) in [4.78, 5) is 15.3. The molecule has 1 unspecified atom stereocenters. The second-order valence-electron chi connectivity index (χ2n) is 7.63. The van der Waals surface area contributed by atoms with Crippen molar-refractivity contribution < 1.29 is 14.6 Å². The van der Waals surface area contributed by atoms with Gasteiger partial charge < -0.3 is 14.7 Å². The van der Waals surface area contributed by atoms with Gasteiger partial charge in [0.15, 0.2) is 0 Å². The first-order chi connectivity index (χ1) is 13.6. The van der Waals surface area contributed by atoms with E-state index in [2.05, 4.69) is 36.2 Å². The number of aliphatic hydroxyl groups is 1. The van der Waals surface area contributed by atoms with E-state index in [1.165, 1.54) is 5.56 Å². The lowest BCUT2D eigenvalue weighted by atomic mass is 9.61. The highest BCUT2D eigenvalue weighted by Crippen LogP contribution is 2.51. The van der Waals surface area contributed by atoms with Gasteiger partial charge in [0.25, 0.3) is 5.91 Å². The second kappa shape index (κ2) is 7.60. The smallest absolute Gasteiger partial charge is 0.288 e. The highest BCUT2D eigenvalue weighted by molar-refractivity contribution is 5.94. The van der Waals surface area contributed by atoms with Crippen LogP contribution in [0.2, 0.25) is 0 Å². The molecule has 1 saturated carbocycles. The van der Waals surface area contributed by atoms with Crippen LogP contribution in [0.25, 0.3) is 0 Å². The third kappa shape index (κ3) is 2.83. The van der Waals surface area contributed by atoms with Crippen LogP contribution in [0.1, 0.15) is 38.7 Å². The molecule has 1 aromatic rings. The number of nitrogens with zero attached hydrogens (tertiary/aromatic N) is 3. The van der Waals surface area contributed by atoms with E-state index in [4.69, 9.17) is 4.74 Å². The summed E-state index contributed by atoms with van der Waals surface area (Å²) in [6, 6.07) is 10.6. The standard InChI is InChI=1S/C22H29N3O3/c1-3-24-20(27)19-18(26)16-28-15-9-14-23(19)21(25(24)4-2)22(12-8-13-22)17-10-6-5-7-11-17/h5-7,9-11,14,21,26H,3-4,8,12-13,15-16H2,1-2H3/b14-9-,19-18+. The summed E-state index contributed by atoms with van der Waals surface area (Å²) in [7, 11) is 0. The molecule has 0 aromatic heterocycles. The van der Waals surface area contributed by atoms with Gasteiger partial charge in [-0.15, -0.1) is 0 Å². The van der Waals surface area contributed by atoms with E-state index in [0.717, 1.165) is 19.3 Å². The van der Waals surface area contributed by atoms with E-state index in [-0.39, 0.29) is 29.9 Å². The number of amides is 1. The van der Waals surface area contributed by atoms with Gasteiger partial charge in [-0.05, 0) is 31.4 Å². The molecular weight excluding hydrogens is 354 g/mol. The number of hydrogen-bond donors (Lipinski definition) is 1. The minimum absolute atomic E-state index is 0.0103. The van der Waals surface area contributed by atoms with Crippen LogP contribution in [-0.4, -0.2) is 58.4 Å². The molecule has 3 aliphatic rings. The van der Waals surface area contributed by atoms with Crippen LogP contribution in [-0.2, 0) is 14.9 Å². The molecule has 6 nitrogen and oxygen atoms in total. The van der Waals surface area contributed by atoms with Gasteiger partial charge in [0.1, 0.15) is 24.2 Å². The molecule has 1 saturated heterocycles. The van der Waals surface area contributed by atoms with Gasteiger partial charge in [0, 0.05) is 24.7 Å². The van der Waals surface area contributed by atoms with Crippen molar-refractivity contribution in [2.45, 2.75) is 44.7 Å². The quantitative estimate of drug-likeness (QED) is 0.866. The predicted molar refractivity (Wildman–Crippen MR) is 107 cm³/mol. The minimum Gasteiger partial charge on any atom is -0.507 e. The monoisotopic (exact) mass is 383 g/mol. The maximum atomic E-state index is 13.3. The minimum atomic E-state index is -0.171. The average Bonchev–Trinajstić information content (AvgIpc) is 2.66. The fourth-order valence-electron chi connectivity index (χ4n) is 4.87. The van der Waals surface area contributed by atoms with Gasteiger partial charge in [0.2, 0.25) is 0 Å². The molecule has 1 atom stereocenters. The van der Waals surface area contributed by atoms with Gasteiger partial charge in [-0.3, -0.25) is 9.80 Å². The van der Waals surface area contributed by atoms with E-state index in [1.54, 1.807) is 5.01 Å². The molecule has 150 valence electrons. The Morgan fingerprint density at radius 2 is 1.93 bits per heavy atom. The molecule has 2 fully saturated rings. The molecular formula is C22H29N3O3. The van der Waals surface area contributed by atoms with E-state index in [9.17, 15) is 9.90 Å². The maximum absolute atomic E-state index is 13.3. The molecule has 2 aliphatic heterocycles. The number of aliphatic hydroxyl groups excluding tert-OH is 1. The van der Waals surface area contributed by atoms with E-state index in [1.807, 2.05) is 30.2 Å². The first-order valence-electron chi connectivity index (χ1n) is 10.2. The van der Waals surface area contributed by atoms with Crippen LogP contribution in [0.5, 0.6) is 0 Å². The number of hydrazine groups is 1. The lowest BCUT2D eigenvalue weighted by Gasteiger charge is -2.60. The summed E-state index contributed by atoms with van der Waals surface area (Å²) in [5.41, 5.74) is 1.54. The third-order valence-corrected chi connectivity index (χ3v) is 6.26. The van der Waals surface area contributed by atoms with E-state index >= 15 is 0 Å². The fraction of sp³-hybridized carbons (Fsp3) is 0.500. The summed E-state index contributed by atoms with van der Waals surface area (Å²) < 4.78 is 5.45. The van der Waals surface area contributed by atoms with Crippen molar-refractivity contribution >= 4 is 5.91 Å². The summed E-state index contributed by atoms with van der Waals surface area (Å²) in [5.74, 6) is -0.160. The molecule has 2 heterocycles. The van der Waals surface area contributed by atoms with Gasteiger partial charge in [0.05, 0.1) is 6.61 Å². The predicted octanol–water partition coefficient (Wildman–Crippen LogP) is 3.15. The zero-order chi connectivity index (χ0) is 19.7. The number of likely N-dealkylation sites (N-methyl/N-ethyl adjacent to an activating group) is 2. The van der Waals surface area contributed by atoms with Crippen LogP contribution in [0.3, 0.4) is 0 Å². The highest BCUT2D eigenvalue weighted by atomic mass is 16.5. The SMILES string of the molecule is CCN1C(=O)/C2=C(\O)COC/C=C\N2C(C2(c3ccccc3)CCC2)N1CC. The zero-order valence-corrected chi connectivity index (χ0v) is 16.7. The number of ether oxygens (including phenoxy) is 1. The number of fused-ring (bicyclic) bond motifs is 1. The van der Waals surface area contributed by atoms with Crippen LogP contribution in [0, 0.1) is 0 Å². The fourth-order valence-corrected chi connectivity index (χ4v) is 4.87. The number of carbonyl (C=O) groups is 1. The highest BCUT2D eigenvalue weighted by Gasteiger charge is 2.55. The Hall–Kier alpha value is -2.31. The Morgan fingerprint density at radius 3 is 2.54 bits per heavy atom. The number of carbonyl (C=O) groups excluding carboxylic acids is 1. The lowest BCUT2D eigenvalue weighted by Crippen LogP contribution is -2.70. The average molecular weight is 383 g/mol. The van der Waals surface area contributed by atoms with Crippen molar-refractivity contribution in [1.82, 2.24) is 14.9 Å². The Kier molecular flexibility index (Phi) is 5.17. The van der Waals surface area contributed by atoms with Crippen molar-refractivity contribution in [1.29, 1.82) is 0 Å². The van der Waals surface area contributed by atoms with Crippen molar-refractivity contribution in [3.05, 3.63) is 59.6 Å².